The van der Waals surface area contributed by atoms with E-state index in [2.05, 4.69) is 5.32 Å². The minimum absolute atomic E-state index is 0.180. The summed E-state index contributed by atoms with van der Waals surface area (Å²) < 4.78 is 10.8. The van der Waals surface area contributed by atoms with E-state index >= 15 is 0 Å². The number of carbonyl (C=O) groups is 1. The number of halogens is 1. The van der Waals surface area contributed by atoms with Crippen LogP contribution in [0.5, 0.6) is 11.5 Å². The van der Waals surface area contributed by atoms with E-state index in [1.54, 1.807) is 26.2 Å². The minimum Gasteiger partial charge on any atom is -0.497 e. The van der Waals surface area contributed by atoms with Crippen LogP contribution in [0.15, 0.2) is 42.5 Å². The molecule has 2 rings (SSSR count). The first-order valence-corrected chi connectivity index (χ1v) is 7.71. The minimum atomic E-state index is -0.596. The van der Waals surface area contributed by atoms with Crippen LogP contribution in [0, 0.1) is 6.92 Å². The molecule has 0 saturated carbocycles. The van der Waals surface area contributed by atoms with Crippen LogP contribution in [0.3, 0.4) is 0 Å². The average Bonchev–Trinajstić information content (AvgIpc) is 2.56. The molecule has 0 aliphatic heterocycles. The molecule has 1 amide bonds. The van der Waals surface area contributed by atoms with Crippen molar-refractivity contribution >= 4 is 17.5 Å². The summed E-state index contributed by atoms with van der Waals surface area (Å²) in [6, 6.07) is 12.9. The SMILES string of the molecule is COc1cccc(CNC(=O)C(C)Oc2ccc(Cl)c(C)c2)c1. The highest BCUT2D eigenvalue weighted by atomic mass is 35.5. The molecule has 23 heavy (non-hydrogen) atoms. The molecule has 4 nitrogen and oxygen atoms in total. The van der Waals surface area contributed by atoms with Crippen LogP contribution in [-0.4, -0.2) is 19.1 Å². The van der Waals surface area contributed by atoms with Gasteiger partial charge in [0.15, 0.2) is 6.10 Å². The summed E-state index contributed by atoms with van der Waals surface area (Å²) in [6.07, 6.45) is -0.596. The Balaban J connectivity index is 1.90. The number of hydrogen-bond donors (Lipinski definition) is 1. The third-order valence-corrected chi connectivity index (χ3v) is 3.84. The number of amides is 1. The van der Waals surface area contributed by atoms with Crippen molar-refractivity contribution in [2.45, 2.75) is 26.5 Å². The molecule has 0 radical (unpaired) electrons. The van der Waals surface area contributed by atoms with Gasteiger partial charge in [-0.25, -0.2) is 0 Å². The molecule has 1 N–H and O–H groups in total. The lowest BCUT2D eigenvalue weighted by Crippen LogP contribution is -2.35. The molecule has 0 bridgehead atoms. The summed E-state index contributed by atoms with van der Waals surface area (Å²) in [4.78, 5) is 12.1. The molecule has 0 saturated heterocycles. The zero-order valence-electron chi connectivity index (χ0n) is 13.4. The van der Waals surface area contributed by atoms with E-state index in [0.717, 1.165) is 16.9 Å². The van der Waals surface area contributed by atoms with Crippen LogP contribution in [0.4, 0.5) is 0 Å². The highest BCUT2D eigenvalue weighted by Crippen LogP contribution is 2.22. The van der Waals surface area contributed by atoms with Crippen molar-refractivity contribution in [3.8, 4) is 11.5 Å². The number of benzene rings is 2. The third kappa shape index (κ3) is 4.89. The Labute approximate surface area is 141 Å². The molecule has 0 aromatic heterocycles. The Kier molecular flexibility index (Phi) is 5.88. The maximum absolute atomic E-state index is 12.1. The molecule has 0 spiro atoms. The van der Waals surface area contributed by atoms with E-state index in [1.165, 1.54) is 0 Å². The van der Waals surface area contributed by atoms with Gasteiger partial charge in [0.2, 0.25) is 0 Å². The lowest BCUT2D eigenvalue weighted by molar-refractivity contribution is -0.127. The van der Waals surface area contributed by atoms with Gasteiger partial charge in [-0.1, -0.05) is 23.7 Å². The normalized spacial score (nSPS) is 11.7. The lowest BCUT2D eigenvalue weighted by atomic mass is 10.2. The fraction of sp³-hybridized carbons (Fsp3) is 0.278. The maximum atomic E-state index is 12.1. The van der Waals surface area contributed by atoms with Crippen molar-refractivity contribution in [1.29, 1.82) is 0 Å². The van der Waals surface area contributed by atoms with Gasteiger partial charge in [0, 0.05) is 11.6 Å². The van der Waals surface area contributed by atoms with Crippen LogP contribution in [-0.2, 0) is 11.3 Å². The van der Waals surface area contributed by atoms with Gasteiger partial charge in [-0.15, -0.1) is 0 Å². The fourth-order valence-corrected chi connectivity index (χ4v) is 2.18. The van der Waals surface area contributed by atoms with Crippen LogP contribution in [0.2, 0.25) is 5.02 Å². The second-order valence-electron chi connectivity index (χ2n) is 5.24. The largest absolute Gasteiger partial charge is 0.497 e. The van der Waals surface area contributed by atoms with Crippen LogP contribution in [0.1, 0.15) is 18.1 Å². The van der Waals surface area contributed by atoms with Crippen molar-refractivity contribution in [2.75, 3.05) is 7.11 Å². The van der Waals surface area contributed by atoms with E-state index in [4.69, 9.17) is 21.1 Å². The maximum Gasteiger partial charge on any atom is 0.261 e. The summed E-state index contributed by atoms with van der Waals surface area (Å²) in [5, 5.41) is 3.52. The van der Waals surface area contributed by atoms with Crippen molar-refractivity contribution in [1.82, 2.24) is 5.32 Å². The van der Waals surface area contributed by atoms with Crippen LogP contribution >= 0.6 is 11.6 Å². The molecule has 1 unspecified atom stereocenters. The van der Waals surface area contributed by atoms with Crippen LogP contribution < -0.4 is 14.8 Å². The molecule has 0 aliphatic carbocycles. The number of hydrogen-bond acceptors (Lipinski definition) is 3. The summed E-state index contributed by atoms with van der Waals surface area (Å²) >= 11 is 5.98. The Morgan fingerprint density at radius 3 is 2.70 bits per heavy atom. The van der Waals surface area contributed by atoms with Crippen molar-refractivity contribution < 1.29 is 14.3 Å². The Hall–Kier alpha value is -2.20. The first kappa shape index (κ1) is 17.2. The zero-order valence-corrected chi connectivity index (χ0v) is 14.2. The molecule has 2 aromatic rings. The van der Waals surface area contributed by atoms with E-state index < -0.39 is 6.10 Å². The van der Waals surface area contributed by atoms with E-state index in [-0.39, 0.29) is 5.91 Å². The number of ether oxygens (including phenoxy) is 2. The van der Waals surface area contributed by atoms with Crippen molar-refractivity contribution in [2.24, 2.45) is 0 Å². The predicted octanol–water partition coefficient (Wildman–Crippen LogP) is 3.74. The van der Waals surface area contributed by atoms with Crippen LogP contribution in [0.25, 0.3) is 0 Å². The predicted molar refractivity (Wildman–Crippen MR) is 91.1 cm³/mol. The van der Waals surface area contributed by atoms with E-state index in [1.807, 2.05) is 37.3 Å². The summed E-state index contributed by atoms with van der Waals surface area (Å²) in [5.74, 6) is 1.20. The Morgan fingerprint density at radius 2 is 2.00 bits per heavy atom. The van der Waals surface area contributed by atoms with Gasteiger partial charge in [-0.05, 0) is 55.3 Å². The summed E-state index contributed by atoms with van der Waals surface area (Å²) in [5.41, 5.74) is 1.88. The number of nitrogens with one attached hydrogen (secondary N) is 1. The molecule has 5 heteroatoms. The molecule has 122 valence electrons. The molecule has 0 fully saturated rings. The molecule has 0 heterocycles. The summed E-state index contributed by atoms with van der Waals surface area (Å²) in [6.45, 7) is 4.02. The first-order valence-electron chi connectivity index (χ1n) is 7.33. The molecule has 0 aliphatic rings. The number of aryl methyl sites for hydroxylation is 1. The van der Waals surface area contributed by atoms with Crippen molar-refractivity contribution in [3.63, 3.8) is 0 Å². The van der Waals surface area contributed by atoms with Gasteiger partial charge in [-0.3, -0.25) is 4.79 Å². The Morgan fingerprint density at radius 1 is 1.22 bits per heavy atom. The van der Waals surface area contributed by atoms with E-state index in [9.17, 15) is 4.79 Å². The summed E-state index contributed by atoms with van der Waals surface area (Å²) in [7, 11) is 1.61. The highest BCUT2D eigenvalue weighted by Gasteiger charge is 2.14. The van der Waals surface area contributed by atoms with Gasteiger partial charge < -0.3 is 14.8 Å². The second kappa shape index (κ2) is 7.88. The molecular weight excluding hydrogens is 314 g/mol. The van der Waals surface area contributed by atoms with Gasteiger partial charge >= 0.3 is 0 Å². The fourth-order valence-electron chi connectivity index (χ4n) is 2.06. The topological polar surface area (TPSA) is 47.6 Å². The first-order chi connectivity index (χ1) is 11.0. The highest BCUT2D eigenvalue weighted by molar-refractivity contribution is 6.31. The second-order valence-corrected chi connectivity index (χ2v) is 5.65. The molecule has 1 atom stereocenters. The standard InChI is InChI=1S/C18H20ClNO3/c1-12-9-16(7-8-17(12)19)23-13(2)18(21)20-11-14-5-4-6-15(10-14)22-3/h4-10,13H,11H2,1-3H3,(H,20,21). The molecular formula is C18H20ClNO3. The van der Waals surface area contributed by atoms with Gasteiger partial charge in [0.05, 0.1) is 7.11 Å². The quantitative estimate of drug-likeness (QED) is 0.876. The van der Waals surface area contributed by atoms with Gasteiger partial charge in [-0.2, -0.15) is 0 Å². The van der Waals surface area contributed by atoms with Crippen molar-refractivity contribution in [3.05, 3.63) is 58.6 Å². The third-order valence-electron chi connectivity index (χ3n) is 3.41. The van der Waals surface area contributed by atoms with Gasteiger partial charge in [0.1, 0.15) is 11.5 Å². The smallest absolute Gasteiger partial charge is 0.261 e. The Bertz CT molecular complexity index is 688. The number of rotatable bonds is 6. The van der Waals surface area contributed by atoms with E-state index in [0.29, 0.717) is 17.3 Å². The average molecular weight is 334 g/mol. The lowest BCUT2D eigenvalue weighted by Gasteiger charge is -2.15. The monoisotopic (exact) mass is 333 g/mol. The number of carbonyl (C=O) groups excluding carboxylic acids is 1. The molecule has 2 aromatic carbocycles. The van der Waals surface area contributed by atoms with Gasteiger partial charge in [0.25, 0.3) is 5.91 Å². The zero-order chi connectivity index (χ0) is 16.8. The number of methoxy groups -OCH3 is 1.